The van der Waals surface area contributed by atoms with Gasteiger partial charge in [-0.15, -0.1) is 0 Å². The molecule has 0 saturated heterocycles. The highest BCUT2D eigenvalue weighted by atomic mass is 19.4. The Labute approximate surface area is 77.3 Å². The summed E-state index contributed by atoms with van der Waals surface area (Å²) in [6.45, 7) is 8.23. The van der Waals surface area contributed by atoms with Gasteiger partial charge in [-0.05, 0) is 19.3 Å². The molecule has 2 unspecified atom stereocenters. The Hall–Kier alpha value is -0.250. The smallest absolute Gasteiger partial charge is 0.366 e. The molecule has 0 aromatic rings. The van der Waals surface area contributed by atoms with Crippen molar-refractivity contribution < 1.29 is 17.9 Å². The van der Waals surface area contributed by atoms with Crippen LogP contribution in [0.2, 0.25) is 0 Å². The number of hydrogen-bond donors (Lipinski definition) is 0. The van der Waals surface area contributed by atoms with E-state index in [1.54, 1.807) is 6.92 Å². The van der Waals surface area contributed by atoms with Gasteiger partial charge in [-0.2, -0.15) is 13.2 Å². The monoisotopic (exact) mass is 198 g/mol. The zero-order chi connectivity index (χ0) is 10.9. The summed E-state index contributed by atoms with van der Waals surface area (Å²) >= 11 is 0. The first-order chi connectivity index (χ1) is 5.55. The van der Waals surface area contributed by atoms with E-state index in [0.717, 1.165) is 6.92 Å². The van der Waals surface area contributed by atoms with Crippen molar-refractivity contribution in [3.63, 3.8) is 0 Å². The van der Waals surface area contributed by atoms with Gasteiger partial charge in [0.05, 0.1) is 6.10 Å². The predicted octanol–water partition coefficient (Wildman–Crippen LogP) is 3.39. The molecule has 0 bridgehead atoms. The van der Waals surface area contributed by atoms with Crippen LogP contribution in [0.5, 0.6) is 0 Å². The molecule has 0 saturated carbocycles. The van der Waals surface area contributed by atoms with Gasteiger partial charge in [0.2, 0.25) is 0 Å². The number of halogens is 3. The van der Waals surface area contributed by atoms with Crippen LogP contribution in [0.3, 0.4) is 0 Å². The van der Waals surface area contributed by atoms with Crippen molar-refractivity contribution in [2.75, 3.05) is 0 Å². The second kappa shape index (κ2) is 3.86. The number of ether oxygens (including phenoxy) is 1. The minimum absolute atomic E-state index is 0.264. The predicted molar refractivity (Wildman–Crippen MR) is 45.5 cm³/mol. The lowest BCUT2D eigenvalue weighted by atomic mass is 9.90. The van der Waals surface area contributed by atoms with Crippen LogP contribution in [-0.2, 0) is 4.74 Å². The second-order valence-corrected chi connectivity index (χ2v) is 4.33. The first-order valence-electron chi connectivity index (χ1n) is 4.27. The van der Waals surface area contributed by atoms with Gasteiger partial charge in [0.25, 0.3) is 0 Å². The first-order valence-corrected chi connectivity index (χ1v) is 4.27. The topological polar surface area (TPSA) is 9.23 Å². The fourth-order valence-electron chi connectivity index (χ4n) is 0.587. The molecule has 0 spiro atoms. The zero-order valence-electron chi connectivity index (χ0n) is 8.70. The maximum absolute atomic E-state index is 12.1. The lowest BCUT2D eigenvalue weighted by Crippen LogP contribution is -2.36. The lowest BCUT2D eigenvalue weighted by molar-refractivity contribution is -0.233. The van der Waals surface area contributed by atoms with E-state index in [-0.39, 0.29) is 5.41 Å². The molecule has 1 nitrogen and oxygen atoms in total. The van der Waals surface area contributed by atoms with Crippen molar-refractivity contribution in [1.29, 1.82) is 0 Å². The van der Waals surface area contributed by atoms with Gasteiger partial charge in [-0.25, -0.2) is 0 Å². The molecule has 4 heteroatoms. The molecular formula is C9H17F3O. The normalized spacial score (nSPS) is 18.5. The molecule has 0 radical (unpaired) electrons. The fourth-order valence-corrected chi connectivity index (χ4v) is 0.587. The largest absolute Gasteiger partial charge is 0.414 e. The summed E-state index contributed by atoms with van der Waals surface area (Å²) in [6, 6.07) is 0. The third-order valence-corrected chi connectivity index (χ3v) is 2.09. The van der Waals surface area contributed by atoms with Gasteiger partial charge in [-0.1, -0.05) is 20.8 Å². The molecule has 0 N–H and O–H groups in total. The number of alkyl halides is 3. The van der Waals surface area contributed by atoms with Gasteiger partial charge in [0.15, 0.2) is 6.10 Å². The molecule has 0 rings (SSSR count). The second-order valence-electron chi connectivity index (χ2n) is 4.33. The van der Waals surface area contributed by atoms with Crippen molar-refractivity contribution in [1.82, 2.24) is 0 Å². The van der Waals surface area contributed by atoms with Gasteiger partial charge in [0.1, 0.15) is 0 Å². The highest BCUT2D eigenvalue weighted by Gasteiger charge is 2.39. The van der Waals surface area contributed by atoms with Crippen LogP contribution >= 0.6 is 0 Å². The summed E-state index contributed by atoms with van der Waals surface area (Å²) in [5.74, 6) is 0. The average Bonchev–Trinajstić information content (AvgIpc) is 1.82. The van der Waals surface area contributed by atoms with E-state index in [1.807, 2.05) is 20.8 Å². The molecule has 13 heavy (non-hydrogen) atoms. The lowest BCUT2D eigenvalue weighted by Gasteiger charge is -2.30. The standard InChI is InChI=1S/C9H17F3O/c1-6(8(3,4)5)13-7(2)9(10,11)12/h6-7H,1-5H3. The molecule has 0 aliphatic rings. The molecule has 80 valence electrons. The molecule has 0 fully saturated rings. The summed E-state index contributed by atoms with van der Waals surface area (Å²) in [6.07, 6.45) is -6.37. The Kier molecular flexibility index (Phi) is 3.79. The van der Waals surface area contributed by atoms with Crippen LogP contribution in [0.15, 0.2) is 0 Å². The zero-order valence-corrected chi connectivity index (χ0v) is 8.70. The van der Waals surface area contributed by atoms with Gasteiger partial charge in [0, 0.05) is 0 Å². The van der Waals surface area contributed by atoms with E-state index in [4.69, 9.17) is 4.74 Å². The van der Waals surface area contributed by atoms with Crippen LogP contribution in [0.25, 0.3) is 0 Å². The molecule has 0 amide bonds. The molecule has 0 aromatic heterocycles. The van der Waals surface area contributed by atoms with Crippen molar-refractivity contribution in [2.45, 2.75) is 53.0 Å². The quantitative estimate of drug-likeness (QED) is 0.660. The third kappa shape index (κ3) is 4.50. The fraction of sp³-hybridized carbons (Fsp3) is 1.00. The molecule has 0 aromatic carbocycles. The highest BCUT2D eigenvalue weighted by Crippen LogP contribution is 2.28. The molecule has 0 aliphatic carbocycles. The summed E-state index contributed by atoms with van der Waals surface area (Å²) in [5, 5.41) is 0. The molecule has 0 heterocycles. The maximum Gasteiger partial charge on any atom is 0.414 e. The summed E-state index contributed by atoms with van der Waals surface area (Å²) in [7, 11) is 0. The van der Waals surface area contributed by atoms with E-state index < -0.39 is 18.4 Å². The van der Waals surface area contributed by atoms with E-state index in [1.165, 1.54) is 0 Å². The van der Waals surface area contributed by atoms with Crippen LogP contribution in [0.1, 0.15) is 34.6 Å². The Balaban J connectivity index is 4.15. The summed E-state index contributed by atoms with van der Waals surface area (Å²) in [4.78, 5) is 0. The Morgan fingerprint density at radius 2 is 1.31 bits per heavy atom. The van der Waals surface area contributed by atoms with Gasteiger partial charge >= 0.3 is 6.18 Å². The van der Waals surface area contributed by atoms with E-state index in [2.05, 4.69) is 0 Å². The minimum atomic E-state index is -4.26. The minimum Gasteiger partial charge on any atom is -0.366 e. The van der Waals surface area contributed by atoms with Crippen LogP contribution in [-0.4, -0.2) is 18.4 Å². The van der Waals surface area contributed by atoms with E-state index >= 15 is 0 Å². The van der Waals surface area contributed by atoms with Crippen molar-refractivity contribution in [2.24, 2.45) is 5.41 Å². The average molecular weight is 198 g/mol. The SMILES string of the molecule is CC(OC(C)C(F)(F)F)C(C)(C)C. The maximum atomic E-state index is 12.1. The number of rotatable bonds is 2. The van der Waals surface area contributed by atoms with Gasteiger partial charge < -0.3 is 4.74 Å². The molecule has 0 aliphatic heterocycles. The molecular weight excluding hydrogens is 181 g/mol. The Morgan fingerprint density at radius 3 is 1.54 bits per heavy atom. The van der Waals surface area contributed by atoms with E-state index in [0.29, 0.717) is 0 Å². The molecule has 2 atom stereocenters. The van der Waals surface area contributed by atoms with Crippen molar-refractivity contribution in [3.8, 4) is 0 Å². The van der Waals surface area contributed by atoms with Crippen LogP contribution in [0.4, 0.5) is 13.2 Å². The van der Waals surface area contributed by atoms with Crippen molar-refractivity contribution in [3.05, 3.63) is 0 Å². The van der Waals surface area contributed by atoms with E-state index in [9.17, 15) is 13.2 Å². The first kappa shape index (κ1) is 12.8. The number of hydrogen-bond acceptors (Lipinski definition) is 1. The summed E-state index contributed by atoms with van der Waals surface area (Å²) in [5.41, 5.74) is -0.264. The van der Waals surface area contributed by atoms with Crippen LogP contribution < -0.4 is 0 Å². The third-order valence-electron chi connectivity index (χ3n) is 2.09. The Morgan fingerprint density at radius 1 is 0.923 bits per heavy atom. The van der Waals surface area contributed by atoms with Crippen molar-refractivity contribution >= 4 is 0 Å². The summed E-state index contributed by atoms with van der Waals surface area (Å²) < 4.78 is 41.1. The highest BCUT2D eigenvalue weighted by molar-refractivity contribution is 4.73. The Bertz CT molecular complexity index is 139. The van der Waals surface area contributed by atoms with Crippen LogP contribution in [0, 0.1) is 5.41 Å². The van der Waals surface area contributed by atoms with Gasteiger partial charge in [-0.3, -0.25) is 0 Å².